The Bertz CT molecular complexity index is 753. The van der Waals surface area contributed by atoms with Gasteiger partial charge < -0.3 is 11.1 Å². The third kappa shape index (κ3) is 1.98. The molecule has 0 aliphatic heterocycles. The van der Waals surface area contributed by atoms with E-state index in [4.69, 9.17) is 22.0 Å². The van der Waals surface area contributed by atoms with E-state index >= 15 is 0 Å². The number of rotatable bonds is 2. The lowest BCUT2D eigenvalue weighted by atomic mass is 10.1. The molecule has 0 aliphatic carbocycles. The largest absolute Gasteiger partial charge is 0.397 e. The molecule has 0 aliphatic rings. The lowest BCUT2D eigenvalue weighted by Gasteiger charge is -2.10. The fourth-order valence-electron chi connectivity index (χ4n) is 1.87. The van der Waals surface area contributed by atoms with Crippen LogP contribution in [0.1, 0.15) is 5.56 Å². The molecule has 6 heteroatoms. The first-order valence-electron chi connectivity index (χ1n) is 5.69. The Labute approximate surface area is 114 Å². The Morgan fingerprint density at radius 2 is 1.89 bits per heavy atom. The van der Waals surface area contributed by atoms with Crippen molar-refractivity contribution < 1.29 is 4.63 Å². The second-order valence-corrected chi connectivity index (χ2v) is 4.61. The average Bonchev–Trinajstić information content (AvgIpc) is 2.88. The van der Waals surface area contributed by atoms with Crippen molar-refractivity contribution >= 4 is 39.7 Å². The van der Waals surface area contributed by atoms with Crippen LogP contribution in [0.2, 0.25) is 5.02 Å². The van der Waals surface area contributed by atoms with Gasteiger partial charge in [-0.2, -0.15) is 0 Å². The Balaban J connectivity index is 2.09. The molecule has 1 aromatic heterocycles. The highest BCUT2D eigenvalue weighted by Gasteiger charge is 2.11. The number of hydrogen-bond donors (Lipinski definition) is 2. The van der Waals surface area contributed by atoms with Gasteiger partial charge in [-0.15, -0.1) is 0 Å². The van der Waals surface area contributed by atoms with Gasteiger partial charge in [0.05, 0.1) is 11.4 Å². The predicted molar refractivity (Wildman–Crippen MR) is 75.7 cm³/mol. The number of nitrogen functional groups attached to an aromatic ring is 1. The first-order chi connectivity index (χ1) is 9.16. The minimum atomic E-state index is 0.532. The van der Waals surface area contributed by atoms with Crippen LogP contribution in [-0.4, -0.2) is 10.3 Å². The Hall–Kier alpha value is -2.27. The molecule has 1 heterocycles. The average molecular weight is 275 g/mol. The molecule has 0 saturated heterocycles. The smallest absolute Gasteiger partial charge is 0.160 e. The highest BCUT2D eigenvalue weighted by atomic mass is 35.5. The van der Waals surface area contributed by atoms with Crippen molar-refractivity contribution in [1.82, 2.24) is 10.3 Å². The lowest BCUT2D eigenvalue weighted by molar-refractivity contribution is 0.316. The Morgan fingerprint density at radius 1 is 1.11 bits per heavy atom. The molecule has 0 bridgehead atoms. The second-order valence-electron chi connectivity index (χ2n) is 4.20. The van der Waals surface area contributed by atoms with Crippen LogP contribution < -0.4 is 11.1 Å². The SMILES string of the molecule is Cc1c(Cl)cccc1Nc1ccc(N)c2nonc12. The molecule has 19 heavy (non-hydrogen) atoms. The maximum absolute atomic E-state index is 6.10. The van der Waals surface area contributed by atoms with Gasteiger partial charge in [-0.25, -0.2) is 4.63 Å². The van der Waals surface area contributed by atoms with Crippen molar-refractivity contribution in [3.63, 3.8) is 0 Å². The number of hydrogen-bond acceptors (Lipinski definition) is 5. The topological polar surface area (TPSA) is 77.0 Å². The van der Waals surface area contributed by atoms with Gasteiger partial charge in [0.1, 0.15) is 0 Å². The number of anilines is 3. The molecule has 0 atom stereocenters. The number of nitrogens with two attached hydrogens (primary N) is 1. The third-order valence-corrected chi connectivity index (χ3v) is 3.39. The zero-order valence-electron chi connectivity index (χ0n) is 10.1. The van der Waals surface area contributed by atoms with Gasteiger partial charge >= 0.3 is 0 Å². The Kier molecular flexibility index (Phi) is 2.76. The van der Waals surface area contributed by atoms with Crippen LogP contribution in [0.3, 0.4) is 0 Å². The maximum atomic E-state index is 6.10. The highest BCUT2D eigenvalue weighted by molar-refractivity contribution is 6.31. The van der Waals surface area contributed by atoms with Gasteiger partial charge in [0.15, 0.2) is 11.0 Å². The first-order valence-corrected chi connectivity index (χ1v) is 6.07. The van der Waals surface area contributed by atoms with Crippen molar-refractivity contribution in [2.75, 3.05) is 11.1 Å². The number of halogens is 1. The van der Waals surface area contributed by atoms with E-state index in [0.29, 0.717) is 21.7 Å². The number of aromatic nitrogens is 2. The summed E-state index contributed by atoms with van der Waals surface area (Å²) < 4.78 is 4.73. The monoisotopic (exact) mass is 274 g/mol. The van der Waals surface area contributed by atoms with E-state index in [-0.39, 0.29) is 0 Å². The van der Waals surface area contributed by atoms with E-state index in [9.17, 15) is 0 Å². The van der Waals surface area contributed by atoms with Crippen LogP contribution in [-0.2, 0) is 0 Å². The fraction of sp³-hybridized carbons (Fsp3) is 0.0769. The van der Waals surface area contributed by atoms with Crippen LogP contribution >= 0.6 is 11.6 Å². The number of nitrogens with zero attached hydrogens (tertiary/aromatic N) is 2. The molecule has 2 aromatic carbocycles. The zero-order valence-corrected chi connectivity index (χ0v) is 10.9. The predicted octanol–water partition coefficient (Wildman–Crippen LogP) is 3.51. The van der Waals surface area contributed by atoms with Crippen molar-refractivity contribution in [1.29, 1.82) is 0 Å². The normalized spacial score (nSPS) is 10.8. The molecule has 0 radical (unpaired) electrons. The summed E-state index contributed by atoms with van der Waals surface area (Å²) in [5, 5.41) is 11.6. The van der Waals surface area contributed by atoms with Gasteiger partial charge in [-0.05, 0) is 47.1 Å². The minimum Gasteiger partial charge on any atom is -0.397 e. The molecule has 5 nitrogen and oxygen atoms in total. The zero-order chi connectivity index (χ0) is 13.4. The quantitative estimate of drug-likeness (QED) is 0.699. The van der Waals surface area contributed by atoms with Gasteiger partial charge in [0, 0.05) is 10.7 Å². The molecule has 0 spiro atoms. The van der Waals surface area contributed by atoms with Gasteiger partial charge in [-0.1, -0.05) is 17.7 Å². The van der Waals surface area contributed by atoms with Crippen molar-refractivity contribution in [3.05, 3.63) is 40.9 Å². The molecular weight excluding hydrogens is 264 g/mol. The molecule has 3 rings (SSSR count). The molecule has 96 valence electrons. The van der Waals surface area contributed by atoms with Crippen molar-refractivity contribution in [2.24, 2.45) is 0 Å². The van der Waals surface area contributed by atoms with E-state index in [1.54, 1.807) is 6.07 Å². The molecule has 0 amide bonds. The minimum absolute atomic E-state index is 0.532. The molecule has 0 unspecified atom stereocenters. The van der Waals surface area contributed by atoms with Crippen molar-refractivity contribution in [3.8, 4) is 0 Å². The van der Waals surface area contributed by atoms with Crippen LogP contribution in [0.4, 0.5) is 17.1 Å². The van der Waals surface area contributed by atoms with E-state index in [1.807, 2.05) is 31.2 Å². The number of nitrogens with one attached hydrogen (secondary N) is 1. The summed E-state index contributed by atoms with van der Waals surface area (Å²) in [5.41, 5.74) is 10.1. The summed E-state index contributed by atoms with van der Waals surface area (Å²) in [6, 6.07) is 9.26. The number of fused-ring (bicyclic) bond motifs is 1. The van der Waals surface area contributed by atoms with Crippen molar-refractivity contribution in [2.45, 2.75) is 6.92 Å². The van der Waals surface area contributed by atoms with Gasteiger partial charge in [0.2, 0.25) is 0 Å². The van der Waals surface area contributed by atoms with Crippen LogP contribution in [0, 0.1) is 6.92 Å². The summed E-state index contributed by atoms with van der Waals surface area (Å²) in [7, 11) is 0. The molecular formula is C13H11ClN4O. The van der Waals surface area contributed by atoms with E-state index < -0.39 is 0 Å². The van der Waals surface area contributed by atoms with Crippen LogP contribution in [0.25, 0.3) is 11.0 Å². The summed E-state index contributed by atoms with van der Waals surface area (Å²) in [5.74, 6) is 0. The van der Waals surface area contributed by atoms with E-state index in [0.717, 1.165) is 16.9 Å². The molecule has 3 N–H and O–H groups in total. The molecule has 3 aromatic rings. The third-order valence-electron chi connectivity index (χ3n) is 2.98. The summed E-state index contributed by atoms with van der Waals surface area (Å²) >= 11 is 6.10. The standard InChI is InChI=1S/C13H11ClN4O/c1-7-8(14)3-2-4-10(7)16-11-6-5-9(15)12-13(11)18-19-17-12/h2-6,16H,15H2,1H3. The van der Waals surface area contributed by atoms with E-state index in [1.165, 1.54) is 0 Å². The highest BCUT2D eigenvalue weighted by Crippen LogP contribution is 2.30. The lowest BCUT2D eigenvalue weighted by Crippen LogP contribution is -1.96. The van der Waals surface area contributed by atoms with Crippen LogP contribution in [0.15, 0.2) is 35.0 Å². The summed E-state index contributed by atoms with van der Waals surface area (Å²) in [6.07, 6.45) is 0. The molecule has 0 fully saturated rings. The molecule has 0 saturated carbocycles. The van der Waals surface area contributed by atoms with Gasteiger partial charge in [-0.3, -0.25) is 0 Å². The van der Waals surface area contributed by atoms with Gasteiger partial charge in [0.25, 0.3) is 0 Å². The van der Waals surface area contributed by atoms with E-state index in [2.05, 4.69) is 15.6 Å². The summed E-state index contributed by atoms with van der Waals surface area (Å²) in [4.78, 5) is 0. The first kappa shape index (κ1) is 11.8. The Morgan fingerprint density at radius 3 is 2.74 bits per heavy atom. The van der Waals surface area contributed by atoms with Crippen LogP contribution in [0.5, 0.6) is 0 Å². The fourth-order valence-corrected chi connectivity index (χ4v) is 2.05. The maximum Gasteiger partial charge on any atom is 0.160 e. The number of benzene rings is 2. The summed E-state index contributed by atoms with van der Waals surface area (Å²) in [6.45, 7) is 1.94. The second kappa shape index (κ2) is 4.44.